The van der Waals surface area contributed by atoms with Crippen molar-refractivity contribution in [2.75, 3.05) is 0 Å². The highest BCUT2D eigenvalue weighted by molar-refractivity contribution is 7.73. The number of hydrogen-bond donors (Lipinski definition) is 0. The van der Waals surface area contributed by atoms with Crippen LogP contribution >= 0.6 is 7.92 Å². The van der Waals surface area contributed by atoms with E-state index in [9.17, 15) is 0 Å². The van der Waals surface area contributed by atoms with Crippen LogP contribution in [0.3, 0.4) is 0 Å². The van der Waals surface area contributed by atoms with Crippen molar-refractivity contribution in [2.24, 2.45) is 16.7 Å². The summed E-state index contributed by atoms with van der Waals surface area (Å²) in [6.45, 7) is 7.62. The standard InChI is InChI=1S/C27H30NP/c1-26(2)22-17-18-27(26,3)24(23-16-10-11-19-28-23)25(22)29(20-12-6-4-7-13-20)21-14-8-5-9-15-21/h4-16,19,22,24-25H,17-18H2,1-3H3/t22-,24-,25+,27+/m1/s1. The topological polar surface area (TPSA) is 12.9 Å². The van der Waals surface area contributed by atoms with Crippen LogP contribution in [-0.4, -0.2) is 10.6 Å². The van der Waals surface area contributed by atoms with Crippen LogP contribution in [-0.2, 0) is 0 Å². The fraction of sp³-hybridized carbons (Fsp3) is 0.370. The van der Waals surface area contributed by atoms with E-state index in [0.717, 1.165) is 5.92 Å². The predicted molar refractivity (Wildman–Crippen MR) is 124 cm³/mol. The molecule has 2 heteroatoms. The van der Waals surface area contributed by atoms with Crippen molar-refractivity contribution in [2.45, 2.75) is 45.2 Å². The van der Waals surface area contributed by atoms with Gasteiger partial charge in [-0.25, -0.2) is 0 Å². The number of benzene rings is 2. The molecule has 0 aliphatic heterocycles. The Labute approximate surface area is 176 Å². The third kappa shape index (κ3) is 2.82. The van der Waals surface area contributed by atoms with Gasteiger partial charge in [0.15, 0.2) is 0 Å². The van der Waals surface area contributed by atoms with Gasteiger partial charge < -0.3 is 0 Å². The highest BCUT2D eigenvalue weighted by atomic mass is 31.1. The molecule has 2 aliphatic carbocycles. The molecule has 2 bridgehead atoms. The number of fused-ring (bicyclic) bond motifs is 2. The molecule has 3 aromatic rings. The summed E-state index contributed by atoms with van der Waals surface area (Å²) in [7, 11) is -0.460. The maximum Gasteiger partial charge on any atom is 0.0446 e. The van der Waals surface area contributed by atoms with E-state index >= 15 is 0 Å². The largest absolute Gasteiger partial charge is 0.261 e. The van der Waals surface area contributed by atoms with Crippen molar-refractivity contribution >= 4 is 18.5 Å². The summed E-state index contributed by atoms with van der Waals surface area (Å²) >= 11 is 0. The van der Waals surface area contributed by atoms with Gasteiger partial charge in [-0.3, -0.25) is 4.98 Å². The first-order valence-electron chi connectivity index (χ1n) is 10.8. The van der Waals surface area contributed by atoms with Gasteiger partial charge in [0, 0.05) is 17.8 Å². The van der Waals surface area contributed by atoms with Crippen LogP contribution in [0, 0.1) is 16.7 Å². The molecule has 2 aliphatic rings. The minimum absolute atomic E-state index is 0.292. The van der Waals surface area contributed by atoms with E-state index in [1.807, 2.05) is 6.20 Å². The molecule has 5 rings (SSSR count). The van der Waals surface area contributed by atoms with Gasteiger partial charge >= 0.3 is 0 Å². The number of rotatable bonds is 4. The van der Waals surface area contributed by atoms with Gasteiger partial charge in [0.05, 0.1) is 0 Å². The summed E-state index contributed by atoms with van der Waals surface area (Å²) in [6, 6.07) is 29.1. The van der Waals surface area contributed by atoms with E-state index in [-0.39, 0.29) is 0 Å². The predicted octanol–water partition coefficient (Wildman–Crippen LogP) is 6.12. The Kier molecular flexibility index (Phi) is 4.63. The van der Waals surface area contributed by atoms with Crippen molar-refractivity contribution in [3.05, 3.63) is 90.8 Å². The van der Waals surface area contributed by atoms with Crippen LogP contribution in [0.5, 0.6) is 0 Å². The van der Waals surface area contributed by atoms with Crippen LogP contribution < -0.4 is 10.6 Å². The Morgan fingerprint density at radius 3 is 1.93 bits per heavy atom. The van der Waals surface area contributed by atoms with Crippen LogP contribution in [0.25, 0.3) is 0 Å². The first-order valence-corrected chi connectivity index (χ1v) is 12.3. The molecule has 2 saturated carbocycles. The lowest BCUT2D eigenvalue weighted by molar-refractivity contribution is 0.133. The molecule has 1 aromatic heterocycles. The Morgan fingerprint density at radius 1 is 0.793 bits per heavy atom. The minimum Gasteiger partial charge on any atom is -0.261 e. The monoisotopic (exact) mass is 399 g/mol. The van der Waals surface area contributed by atoms with E-state index in [4.69, 9.17) is 4.98 Å². The van der Waals surface area contributed by atoms with Crippen LogP contribution in [0.2, 0.25) is 0 Å². The van der Waals surface area contributed by atoms with Crippen LogP contribution in [0.4, 0.5) is 0 Å². The maximum atomic E-state index is 4.92. The maximum absolute atomic E-state index is 4.92. The number of hydrogen-bond acceptors (Lipinski definition) is 1. The van der Waals surface area contributed by atoms with Gasteiger partial charge in [0.25, 0.3) is 0 Å². The fourth-order valence-electron chi connectivity index (χ4n) is 6.39. The van der Waals surface area contributed by atoms with Crippen LogP contribution in [0.1, 0.15) is 45.2 Å². The molecule has 148 valence electrons. The summed E-state index contributed by atoms with van der Waals surface area (Å²) in [5, 5.41) is 3.01. The molecular weight excluding hydrogens is 369 g/mol. The number of aromatic nitrogens is 1. The third-order valence-corrected chi connectivity index (χ3v) is 11.2. The highest BCUT2D eigenvalue weighted by Gasteiger charge is 2.68. The Balaban J connectivity index is 1.72. The Hall–Kier alpha value is -1.98. The van der Waals surface area contributed by atoms with Crippen molar-refractivity contribution in [3.63, 3.8) is 0 Å². The fourth-order valence-corrected chi connectivity index (χ4v) is 10.0. The summed E-state index contributed by atoms with van der Waals surface area (Å²) < 4.78 is 0. The zero-order chi connectivity index (χ0) is 20.1. The molecule has 0 N–H and O–H groups in total. The lowest BCUT2D eigenvalue weighted by Crippen LogP contribution is -2.35. The molecule has 0 amide bonds. The normalized spacial score (nSPS) is 30.0. The quantitative estimate of drug-likeness (QED) is 0.482. The van der Waals surface area contributed by atoms with Crippen molar-refractivity contribution < 1.29 is 0 Å². The number of nitrogens with zero attached hydrogens (tertiary/aromatic N) is 1. The first kappa shape index (κ1) is 19.0. The zero-order valence-corrected chi connectivity index (χ0v) is 18.5. The molecule has 1 heterocycles. The second-order valence-corrected chi connectivity index (χ2v) is 11.9. The van der Waals surface area contributed by atoms with Crippen molar-refractivity contribution in [3.8, 4) is 0 Å². The van der Waals surface area contributed by atoms with Gasteiger partial charge in [0.1, 0.15) is 0 Å². The van der Waals surface area contributed by atoms with Gasteiger partial charge in [-0.2, -0.15) is 0 Å². The molecule has 0 saturated heterocycles. The molecule has 29 heavy (non-hydrogen) atoms. The molecular formula is C27H30NP. The van der Waals surface area contributed by atoms with Crippen LogP contribution in [0.15, 0.2) is 85.1 Å². The Bertz CT molecular complexity index is 930. The summed E-state index contributed by atoms with van der Waals surface area (Å²) in [4.78, 5) is 4.92. The van der Waals surface area contributed by atoms with E-state index in [1.54, 1.807) is 0 Å². The summed E-state index contributed by atoms with van der Waals surface area (Å²) in [5.74, 6) is 1.23. The average Bonchev–Trinajstić information content (AvgIpc) is 3.08. The van der Waals surface area contributed by atoms with Gasteiger partial charge in [-0.1, -0.05) is 87.5 Å². The van der Waals surface area contributed by atoms with Crippen molar-refractivity contribution in [1.82, 2.24) is 4.98 Å². The summed E-state index contributed by atoms with van der Waals surface area (Å²) in [6.07, 6.45) is 4.65. The lowest BCUT2D eigenvalue weighted by Gasteiger charge is -2.42. The van der Waals surface area contributed by atoms with E-state index in [0.29, 0.717) is 22.4 Å². The molecule has 0 radical (unpaired) electrons. The van der Waals surface area contributed by atoms with E-state index < -0.39 is 7.92 Å². The number of pyridine rings is 1. The van der Waals surface area contributed by atoms with Crippen molar-refractivity contribution in [1.29, 1.82) is 0 Å². The molecule has 0 spiro atoms. The third-order valence-electron chi connectivity index (χ3n) is 8.19. The molecule has 1 nitrogen and oxygen atoms in total. The molecule has 2 fully saturated rings. The molecule has 2 aromatic carbocycles. The van der Waals surface area contributed by atoms with E-state index in [1.165, 1.54) is 29.1 Å². The minimum atomic E-state index is -0.460. The average molecular weight is 400 g/mol. The molecule has 0 unspecified atom stereocenters. The Morgan fingerprint density at radius 2 is 1.38 bits per heavy atom. The first-order chi connectivity index (χ1) is 14.0. The highest BCUT2D eigenvalue weighted by Crippen LogP contribution is 2.76. The van der Waals surface area contributed by atoms with Gasteiger partial charge in [-0.05, 0) is 65.9 Å². The zero-order valence-electron chi connectivity index (χ0n) is 17.6. The smallest absolute Gasteiger partial charge is 0.0446 e. The van der Waals surface area contributed by atoms with E-state index in [2.05, 4.69) is 99.6 Å². The second-order valence-electron chi connectivity index (χ2n) is 9.55. The lowest BCUT2D eigenvalue weighted by atomic mass is 9.66. The SMILES string of the molecule is CC1(C)[C@@H]2CC[C@@]1(C)[C@H](c1ccccn1)[C@H]2P(c1ccccc1)c1ccccc1. The summed E-state index contributed by atoms with van der Waals surface area (Å²) in [5.41, 5.74) is 2.54. The van der Waals surface area contributed by atoms with Gasteiger partial charge in [0.2, 0.25) is 0 Å². The molecule has 4 atom stereocenters. The van der Waals surface area contributed by atoms with Gasteiger partial charge in [-0.15, -0.1) is 0 Å². The second kappa shape index (κ2) is 7.06.